The molecule has 0 saturated carbocycles. The molecular weight excluding hydrogens is 542 g/mol. The molecule has 2 aromatic heterocycles. The molecule has 9 nitrogen and oxygen atoms in total. The second-order valence-electron chi connectivity index (χ2n) is 10.8. The van der Waals surface area contributed by atoms with E-state index in [9.17, 15) is 9.59 Å². The van der Waals surface area contributed by atoms with Gasteiger partial charge in [0, 0.05) is 45.7 Å². The third kappa shape index (κ3) is 7.07. The Labute approximate surface area is 260 Å². The average Bonchev–Trinajstić information content (AvgIpc) is 3.45. The second kappa shape index (κ2) is 12.5. The zero-order chi connectivity index (χ0) is 36.5. The van der Waals surface area contributed by atoms with Crippen molar-refractivity contribution >= 4 is 34.1 Å². The molecule has 43 heavy (non-hydrogen) atoms. The fraction of sp³-hybridized carbons (Fsp3) is 0.235. The predicted octanol–water partition coefficient (Wildman–Crippen LogP) is 7.22. The molecule has 5 aromatic rings. The molecule has 0 fully saturated rings. The van der Waals surface area contributed by atoms with Gasteiger partial charge in [-0.2, -0.15) is 5.10 Å². The van der Waals surface area contributed by atoms with E-state index < -0.39 is 48.0 Å². The summed E-state index contributed by atoms with van der Waals surface area (Å²) < 4.78 is 69.3. The number of methoxy groups -OCH3 is 1. The first-order chi connectivity index (χ1) is 23.5. The van der Waals surface area contributed by atoms with E-state index in [2.05, 4.69) is 20.7 Å². The van der Waals surface area contributed by atoms with E-state index in [1.54, 1.807) is 48.7 Å². The minimum absolute atomic E-state index is 0.0198. The summed E-state index contributed by atoms with van der Waals surface area (Å²) in [6.07, 6.45) is 1.64. The number of ketones is 1. The molecule has 2 heterocycles. The van der Waals surface area contributed by atoms with Gasteiger partial charge in [0.1, 0.15) is 23.9 Å². The van der Waals surface area contributed by atoms with Crippen LogP contribution in [0.2, 0.25) is 0 Å². The third-order valence-electron chi connectivity index (χ3n) is 6.37. The zero-order valence-electron chi connectivity index (χ0n) is 31.2. The highest BCUT2D eigenvalue weighted by Crippen LogP contribution is 2.35. The minimum atomic E-state index is -2.88. The van der Waals surface area contributed by atoms with Gasteiger partial charge < -0.3 is 14.8 Å². The number of hydrogen-bond donors (Lipinski definition) is 2. The van der Waals surface area contributed by atoms with Crippen molar-refractivity contribution in [3.8, 4) is 17.2 Å². The lowest BCUT2D eigenvalue weighted by Gasteiger charge is -2.14. The summed E-state index contributed by atoms with van der Waals surface area (Å²) >= 11 is 0. The van der Waals surface area contributed by atoms with Gasteiger partial charge in [-0.1, -0.05) is 62.7 Å². The summed E-state index contributed by atoms with van der Waals surface area (Å²) in [6, 6.07) is 12.1. The number of rotatable bonds is 9. The summed E-state index contributed by atoms with van der Waals surface area (Å²) in [4.78, 5) is 29.8. The van der Waals surface area contributed by atoms with Crippen LogP contribution < -0.4 is 15.4 Å². The van der Waals surface area contributed by atoms with Gasteiger partial charge in [-0.25, -0.2) is 9.48 Å². The number of pyridine rings is 1. The quantitative estimate of drug-likeness (QED) is 0.189. The first-order valence-electron chi connectivity index (χ1n) is 16.9. The van der Waals surface area contributed by atoms with Gasteiger partial charge in [0.25, 0.3) is 0 Å². The predicted molar refractivity (Wildman–Crippen MR) is 168 cm³/mol. The van der Waals surface area contributed by atoms with Crippen LogP contribution in [0, 0.1) is 6.85 Å². The number of fused-ring (bicyclic) bond motifs is 1. The Bertz CT molecular complexity index is 2080. The fourth-order valence-electron chi connectivity index (χ4n) is 4.32. The number of carbonyl (C=O) groups is 2. The van der Waals surface area contributed by atoms with Crippen molar-refractivity contribution in [2.75, 3.05) is 24.4 Å². The molecular formula is C34H35N5O4. The number of amides is 2. The lowest BCUT2D eigenvalue weighted by molar-refractivity contribution is -0.122. The van der Waals surface area contributed by atoms with E-state index in [0.29, 0.717) is 39.3 Å². The molecule has 0 unspecified atom stereocenters. The van der Waals surface area contributed by atoms with Crippen LogP contribution in [0.3, 0.4) is 0 Å². The minimum Gasteiger partial charge on any atom is -0.457 e. The van der Waals surface area contributed by atoms with E-state index in [-0.39, 0.29) is 30.3 Å². The number of Topliss-reactive ketones (excluding diaryl/α,β-unsaturated/α-hetero) is 1. The molecule has 0 atom stereocenters. The first kappa shape index (κ1) is 21.6. The van der Waals surface area contributed by atoms with Crippen molar-refractivity contribution < 1.29 is 28.7 Å². The van der Waals surface area contributed by atoms with Crippen LogP contribution in [0.1, 0.15) is 47.3 Å². The normalized spacial score (nSPS) is 14.0. The van der Waals surface area contributed by atoms with Crippen LogP contribution in [0.25, 0.3) is 16.5 Å². The van der Waals surface area contributed by atoms with Crippen molar-refractivity contribution in [3.05, 3.63) is 102 Å². The van der Waals surface area contributed by atoms with E-state index in [0.717, 1.165) is 4.68 Å². The number of carbonyl (C=O) groups excluding carboxylic acids is 2. The SMILES string of the molecule is [2H]c1c([2H])c(C([2H])([2H])[2H])c([2H])c([2H])c1-n1nc(C(C)(C)C)cc1NC(=O)Nc1ccc(Oc2ccnc(CC(=O)COC)c2)c2ccccc12. The smallest absolute Gasteiger partial charge is 0.324 e. The van der Waals surface area contributed by atoms with E-state index in [1.165, 1.54) is 7.11 Å². The van der Waals surface area contributed by atoms with E-state index >= 15 is 0 Å². The van der Waals surface area contributed by atoms with Gasteiger partial charge in [0.05, 0.1) is 34.7 Å². The number of nitrogens with zero attached hydrogens (tertiary/aromatic N) is 3. The lowest BCUT2D eigenvalue weighted by atomic mass is 9.92. The van der Waals surface area contributed by atoms with Crippen molar-refractivity contribution in [1.29, 1.82) is 0 Å². The van der Waals surface area contributed by atoms with Gasteiger partial charge in [-0.05, 0) is 37.1 Å². The van der Waals surface area contributed by atoms with Crippen molar-refractivity contribution in [1.82, 2.24) is 14.8 Å². The number of nitrogens with one attached hydrogen (secondary N) is 2. The lowest BCUT2D eigenvalue weighted by Crippen LogP contribution is -2.21. The maximum absolute atomic E-state index is 13.5. The molecule has 9 heteroatoms. The summed E-state index contributed by atoms with van der Waals surface area (Å²) in [6.45, 7) is 2.72. The molecule has 0 spiro atoms. The van der Waals surface area contributed by atoms with E-state index in [4.69, 9.17) is 19.1 Å². The van der Waals surface area contributed by atoms with Gasteiger partial charge in [0.2, 0.25) is 0 Å². The van der Waals surface area contributed by atoms with Crippen LogP contribution in [-0.2, 0) is 21.4 Å². The van der Waals surface area contributed by atoms with Crippen LogP contribution >= 0.6 is 0 Å². The van der Waals surface area contributed by atoms with Gasteiger partial charge in [0.15, 0.2) is 5.78 Å². The molecule has 0 aliphatic rings. The number of aromatic nitrogens is 3. The van der Waals surface area contributed by atoms with Crippen LogP contribution in [-0.4, -0.2) is 40.3 Å². The van der Waals surface area contributed by atoms with Gasteiger partial charge in [-0.3, -0.25) is 15.1 Å². The van der Waals surface area contributed by atoms with Crippen molar-refractivity contribution in [3.63, 3.8) is 0 Å². The largest absolute Gasteiger partial charge is 0.457 e. The highest BCUT2D eigenvalue weighted by molar-refractivity contribution is 6.07. The maximum atomic E-state index is 13.5. The number of hydrogen-bond acceptors (Lipinski definition) is 6. The van der Waals surface area contributed by atoms with Crippen molar-refractivity contribution in [2.24, 2.45) is 0 Å². The average molecular weight is 585 g/mol. The Kier molecular flexibility index (Phi) is 6.27. The Hall–Kier alpha value is -5.02. The molecule has 2 amide bonds. The molecule has 2 N–H and O–H groups in total. The summed E-state index contributed by atoms with van der Waals surface area (Å²) in [7, 11) is 1.45. The number of urea groups is 1. The molecule has 0 aliphatic carbocycles. The topological polar surface area (TPSA) is 107 Å². The van der Waals surface area contributed by atoms with Crippen LogP contribution in [0.5, 0.6) is 11.5 Å². The Morgan fingerprint density at radius 1 is 1.00 bits per heavy atom. The highest BCUT2D eigenvalue weighted by atomic mass is 16.5. The molecule has 0 saturated heterocycles. The third-order valence-corrected chi connectivity index (χ3v) is 6.37. The molecule has 0 aliphatic heterocycles. The van der Waals surface area contributed by atoms with Crippen molar-refractivity contribution in [2.45, 2.75) is 39.5 Å². The molecule has 0 radical (unpaired) electrons. The van der Waals surface area contributed by atoms with Crippen LogP contribution in [0.15, 0.2) is 85.0 Å². The fourth-order valence-corrected chi connectivity index (χ4v) is 4.32. The Morgan fingerprint density at radius 2 is 1.77 bits per heavy atom. The maximum Gasteiger partial charge on any atom is 0.324 e. The Morgan fingerprint density at radius 3 is 2.49 bits per heavy atom. The molecule has 5 rings (SSSR count). The van der Waals surface area contributed by atoms with Gasteiger partial charge in [-0.15, -0.1) is 0 Å². The standard InChI is InChI=1S/C34H35N5O4/c1-22-10-12-24(13-11-22)39-32(20-31(38-39)34(2,3)4)37-33(41)36-29-14-15-30(28-9-7-6-8-27(28)29)43-26-16-17-35-23(19-26)18-25(40)21-42-5/h6-17,19-20H,18,21H2,1-5H3,(H2,36,37,41)/i1D3,10D,11D,12D,13D. The molecule has 3 aromatic carbocycles. The van der Waals surface area contributed by atoms with E-state index in [1.807, 2.05) is 32.9 Å². The molecule has 220 valence electrons. The summed E-state index contributed by atoms with van der Waals surface area (Å²) in [5.74, 6) is 0.871. The van der Waals surface area contributed by atoms with Crippen LogP contribution in [0.4, 0.5) is 16.3 Å². The number of anilines is 2. The summed E-state index contributed by atoms with van der Waals surface area (Å²) in [5.41, 5.74) is -0.131. The number of ether oxygens (including phenoxy) is 2. The monoisotopic (exact) mass is 584 g/mol. The first-order valence-corrected chi connectivity index (χ1v) is 13.4. The Balaban J connectivity index is 1.46. The number of benzene rings is 3. The highest BCUT2D eigenvalue weighted by Gasteiger charge is 2.22. The van der Waals surface area contributed by atoms with Gasteiger partial charge >= 0.3 is 6.03 Å². The molecule has 0 bridgehead atoms. The summed E-state index contributed by atoms with van der Waals surface area (Å²) in [5, 5.41) is 11.4. The zero-order valence-corrected chi connectivity index (χ0v) is 24.2. The second-order valence-corrected chi connectivity index (χ2v) is 10.8.